The van der Waals surface area contributed by atoms with Gasteiger partial charge in [0.05, 0.1) is 29.4 Å². The maximum atomic E-state index is 14.6. The van der Waals surface area contributed by atoms with Gasteiger partial charge in [-0.2, -0.15) is 0 Å². The van der Waals surface area contributed by atoms with Gasteiger partial charge in [0, 0.05) is 63.8 Å². The van der Waals surface area contributed by atoms with Gasteiger partial charge in [0.1, 0.15) is 5.69 Å². The summed E-state index contributed by atoms with van der Waals surface area (Å²) in [6.45, 7) is 1.66. The van der Waals surface area contributed by atoms with Gasteiger partial charge in [0.15, 0.2) is 5.82 Å². The zero-order chi connectivity index (χ0) is 33.8. The molecule has 1 atom stereocenters. The number of hydrogen-bond donors (Lipinski definition) is 2. The van der Waals surface area contributed by atoms with E-state index in [2.05, 4.69) is 36.9 Å². The Morgan fingerprint density at radius 2 is 1.60 bits per heavy atom. The molecule has 246 valence electrons. The van der Waals surface area contributed by atoms with Crippen molar-refractivity contribution in [1.29, 1.82) is 0 Å². The van der Waals surface area contributed by atoms with Crippen LogP contribution in [0.5, 0.6) is 0 Å². The molecule has 1 amide bonds. The third-order valence-corrected chi connectivity index (χ3v) is 10.4. The maximum Gasteiger partial charge on any atom is 0.272 e. The van der Waals surface area contributed by atoms with Crippen LogP contribution in [0.25, 0.3) is 33.4 Å². The second-order valence-electron chi connectivity index (χ2n) is 12.8. The lowest BCUT2D eigenvalue weighted by Crippen LogP contribution is -2.34. The Morgan fingerprint density at radius 3 is 2.38 bits per heavy atom. The van der Waals surface area contributed by atoms with E-state index >= 15 is 0 Å². The average molecular weight is 697 g/mol. The molecule has 10 heteroatoms. The van der Waals surface area contributed by atoms with E-state index in [0.717, 1.165) is 76.3 Å². The summed E-state index contributed by atoms with van der Waals surface area (Å²) in [6, 6.07) is 29.5. The van der Waals surface area contributed by atoms with Crippen LogP contribution in [0.3, 0.4) is 0 Å². The van der Waals surface area contributed by atoms with E-state index in [9.17, 15) is 4.79 Å². The minimum atomic E-state index is -0.268. The zero-order valence-corrected chi connectivity index (χ0v) is 28.4. The number of fused-ring (bicyclic) bond motifs is 2. The van der Waals surface area contributed by atoms with Crippen LogP contribution in [0.4, 0.5) is 11.5 Å². The monoisotopic (exact) mass is 695 g/mol. The maximum absolute atomic E-state index is 14.6. The molecule has 0 bridgehead atoms. The Hall–Kier alpha value is -5.44. The number of aromatic nitrogens is 5. The van der Waals surface area contributed by atoms with Crippen molar-refractivity contribution in [1.82, 2.24) is 24.5 Å². The van der Waals surface area contributed by atoms with Crippen LogP contribution >= 0.6 is 23.2 Å². The first-order valence-corrected chi connectivity index (χ1v) is 17.4. The minimum absolute atomic E-state index is 0.243. The molecular weight excluding hydrogens is 665 g/mol. The SMILES string of the molecule is O=C(Nc1cccnc1N1CCC(c2ccncc2)CC1)c1[nH]c2cc(Cl)cc3c2c1-c1c(-c2ccccc2)ncn1C3c1ccc(Cl)cc1. The summed E-state index contributed by atoms with van der Waals surface area (Å²) in [5.41, 5.74) is 8.58. The molecule has 8 nitrogen and oxygen atoms in total. The van der Waals surface area contributed by atoms with Crippen molar-refractivity contribution >= 4 is 51.5 Å². The number of nitrogens with one attached hydrogen (secondary N) is 2. The molecule has 1 fully saturated rings. The number of carbonyl (C=O) groups excluding carboxylic acids is 1. The van der Waals surface area contributed by atoms with Gasteiger partial charge >= 0.3 is 0 Å². The van der Waals surface area contributed by atoms with E-state index in [4.69, 9.17) is 33.2 Å². The normalized spacial score (nSPS) is 15.6. The van der Waals surface area contributed by atoms with Crippen molar-refractivity contribution in [2.24, 2.45) is 0 Å². The summed E-state index contributed by atoms with van der Waals surface area (Å²) in [5.74, 6) is 0.966. The predicted molar refractivity (Wildman–Crippen MR) is 199 cm³/mol. The molecule has 0 spiro atoms. The lowest BCUT2D eigenvalue weighted by Gasteiger charge is -2.34. The number of nitrogens with zero attached hydrogens (tertiary/aromatic N) is 5. The summed E-state index contributed by atoms with van der Waals surface area (Å²) < 4.78 is 2.14. The first-order chi connectivity index (χ1) is 24.5. The van der Waals surface area contributed by atoms with Crippen LogP contribution in [0, 0.1) is 0 Å². The largest absolute Gasteiger partial charge is 0.355 e. The highest BCUT2D eigenvalue weighted by molar-refractivity contribution is 6.32. The number of piperidine rings is 1. The third kappa shape index (κ3) is 5.23. The van der Waals surface area contributed by atoms with E-state index in [0.29, 0.717) is 27.3 Å². The van der Waals surface area contributed by atoms with Crippen molar-refractivity contribution in [2.75, 3.05) is 23.3 Å². The topological polar surface area (TPSA) is 91.7 Å². The third-order valence-electron chi connectivity index (χ3n) is 9.96. The van der Waals surface area contributed by atoms with Crippen molar-refractivity contribution in [3.63, 3.8) is 0 Å². The number of amides is 1. The zero-order valence-electron chi connectivity index (χ0n) is 26.9. The quantitative estimate of drug-likeness (QED) is 0.181. The number of carbonyl (C=O) groups is 1. The van der Waals surface area contributed by atoms with Gasteiger partial charge in [-0.05, 0) is 84.0 Å². The number of aromatic amines is 1. The molecule has 2 N–H and O–H groups in total. The number of anilines is 2. The van der Waals surface area contributed by atoms with E-state index in [1.54, 1.807) is 6.20 Å². The van der Waals surface area contributed by atoms with Crippen LogP contribution in [0.1, 0.15) is 52.0 Å². The molecule has 1 unspecified atom stereocenters. The number of imidazole rings is 1. The van der Waals surface area contributed by atoms with Gasteiger partial charge in [-0.25, -0.2) is 9.97 Å². The molecule has 2 aliphatic heterocycles. The summed E-state index contributed by atoms with van der Waals surface area (Å²) in [6.07, 6.45) is 9.33. The van der Waals surface area contributed by atoms with Crippen LogP contribution in [-0.2, 0) is 0 Å². The van der Waals surface area contributed by atoms with Crippen LogP contribution in [0.2, 0.25) is 10.0 Å². The lowest BCUT2D eigenvalue weighted by atomic mass is 9.88. The Balaban J connectivity index is 1.14. The Bertz CT molecular complexity index is 2360. The Morgan fingerprint density at radius 1 is 0.820 bits per heavy atom. The van der Waals surface area contributed by atoms with Gasteiger partial charge in [-0.15, -0.1) is 0 Å². The summed E-state index contributed by atoms with van der Waals surface area (Å²) >= 11 is 13.1. The van der Waals surface area contributed by atoms with Gasteiger partial charge < -0.3 is 19.8 Å². The number of hydrogen-bond acceptors (Lipinski definition) is 5. The van der Waals surface area contributed by atoms with Crippen LogP contribution in [0.15, 0.2) is 116 Å². The lowest BCUT2D eigenvalue weighted by molar-refractivity contribution is 0.102. The molecule has 0 saturated carbocycles. The summed E-state index contributed by atoms with van der Waals surface area (Å²) in [4.78, 5) is 34.2. The Kier molecular flexibility index (Phi) is 7.63. The average Bonchev–Trinajstić information content (AvgIpc) is 3.76. The number of halogens is 2. The first-order valence-electron chi connectivity index (χ1n) is 16.7. The van der Waals surface area contributed by atoms with Crippen LogP contribution < -0.4 is 10.2 Å². The fourth-order valence-electron chi connectivity index (χ4n) is 7.69. The predicted octanol–water partition coefficient (Wildman–Crippen LogP) is 9.38. The van der Waals surface area contributed by atoms with Gasteiger partial charge in [-0.3, -0.25) is 9.78 Å². The smallest absolute Gasteiger partial charge is 0.272 e. The van der Waals surface area contributed by atoms with Gasteiger partial charge in [0.2, 0.25) is 0 Å². The second-order valence-corrected chi connectivity index (χ2v) is 13.7. The van der Waals surface area contributed by atoms with Crippen molar-refractivity contribution < 1.29 is 4.79 Å². The number of rotatable bonds is 6. The Labute approximate surface area is 298 Å². The summed E-state index contributed by atoms with van der Waals surface area (Å²) in [5, 5.41) is 5.40. The number of H-pyrrole nitrogens is 1. The van der Waals surface area contributed by atoms with Crippen LogP contribution in [-0.4, -0.2) is 43.5 Å². The molecule has 50 heavy (non-hydrogen) atoms. The fraction of sp³-hybridized carbons (Fsp3) is 0.150. The molecule has 3 aromatic carbocycles. The highest BCUT2D eigenvalue weighted by Crippen LogP contribution is 2.50. The van der Waals surface area contributed by atoms with E-state index in [1.807, 2.05) is 97.6 Å². The minimum Gasteiger partial charge on any atom is -0.355 e. The molecule has 2 aliphatic rings. The first kappa shape index (κ1) is 30.6. The van der Waals surface area contributed by atoms with Gasteiger partial charge in [-0.1, -0.05) is 65.7 Å². The van der Waals surface area contributed by atoms with E-state index in [-0.39, 0.29) is 11.9 Å². The number of benzene rings is 3. The summed E-state index contributed by atoms with van der Waals surface area (Å²) in [7, 11) is 0. The molecule has 6 heterocycles. The molecule has 7 aromatic rings. The molecule has 4 aromatic heterocycles. The van der Waals surface area contributed by atoms with E-state index < -0.39 is 0 Å². The second kappa shape index (κ2) is 12.5. The standard InChI is InChI=1S/C40H31Cl2N7O/c41-28-10-8-27(9-11-28)37-30-21-29(42)22-32-33(30)34(38-35(45-23-49(37)38)26-5-2-1-3-6-26)36(46-32)40(50)47-31-7-4-16-44-39(31)48-19-14-25(15-20-48)24-12-17-43-18-13-24/h1-13,16-18,21-23,25,37,46H,14-15,19-20H2,(H,47,50). The molecule has 1 saturated heterocycles. The van der Waals surface area contributed by atoms with Crippen molar-refractivity contribution in [2.45, 2.75) is 24.8 Å². The fourth-order valence-corrected chi connectivity index (χ4v) is 8.04. The molecule has 9 rings (SSSR count). The molecular formula is C40H31Cl2N7O. The number of pyridine rings is 2. The van der Waals surface area contributed by atoms with Gasteiger partial charge in [0.25, 0.3) is 5.91 Å². The van der Waals surface area contributed by atoms with Crippen molar-refractivity contribution in [3.05, 3.63) is 148 Å². The molecule has 0 aliphatic carbocycles. The van der Waals surface area contributed by atoms with Crippen molar-refractivity contribution in [3.8, 4) is 22.5 Å². The molecule has 0 radical (unpaired) electrons. The highest BCUT2D eigenvalue weighted by Gasteiger charge is 2.36. The van der Waals surface area contributed by atoms with E-state index in [1.165, 1.54) is 5.56 Å². The highest BCUT2D eigenvalue weighted by atomic mass is 35.5.